The van der Waals surface area contributed by atoms with Gasteiger partial charge in [-0.15, -0.1) is 0 Å². The molecule has 0 aliphatic carbocycles. The van der Waals surface area contributed by atoms with Gasteiger partial charge in [0, 0.05) is 17.1 Å². The molecule has 2 heterocycles. The standard InChI is InChI=1S/C24H21N3O4S/c1-3-15-4-7-18(8-5-15)27-22(29)19(21(28)25-24(27)32)13-16-6-9-20-17(12-16)10-11-26(20)14(2)23(30)31/h4-14H,3H2,1-2H3,(H,30,31)(H,25,28,32)/b19-13+/t14-/m1/s1. The summed E-state index contributed by atoms with van der Waals surface area (Å²) < 4.78 is 1.66. The smallest absolute Gasteiger partial charge is 0.326 e. The van der Waals surface area contributed by atoms with Gasteiger partial charge in [-0.25, -0.2) is 4.79 Å². The van der Waals surface area contributed by atoms with Crippen molar-refractivity contribution in [1.82, 2.24) is 9.88 Å². The van der Waals surface area contributed by atoms with Crippen LogP contribution in [-0.4, -0.2) is 32.6 Å². The van der Waals surface area contributed by atoms with Crippen LogP contribution < -0.4 is 10.2 Å². The molecule has 1 aromatic heterocycles. The number of amides is 2. The number of carbonyl (C=O) groups excluding carboxylic acids is 2. The summed E-state index contributed by atoms with van der Waals surface area (Å²) in [6.45, 7) is 3.65. The van der Waals surface area contributed by atoms with Crippen LogP contribution in [0.3, 0.4) is 0 Å². The number of nitrogens with zero attached hydrogens (tertiary/aromatic N) is 2. The Morgan fingerprint density at radius 3 is 2.53 bits per heavy atom. The zero-order valence-corrected chi connectivity index (χ0v) is 18.3. The van der Waals surface area contributed by atoms with Crippen molar-refractivity contribution in [2.24, 2.45) is 0 Å². The second-order valence-electron chi connectivity index (χ2n) is 7.53. The lowest BCUT2D eigenvalue weighted by atomic mass is 10.1. The maximum Gasteiger partial charge on any atom is 0.326 e. The van der Waals surface area contributed by atoms with Crippen molar-refractivity contribution in [2.75, 3.05) is 4.90 Å². The Hall–Kier alpha value is -3.78. The summed E-state index contributed by atoms with van der Waals surface area (Å²) in [6, 6.07) is 13.9. The molecule has 0 spiro atoms. The third kappa shape index (κ3) is 3.80. The molecule has 1 aliphatic heterocycles. The molecule has 4 rings (SSSR count). The van der Waals surface area contributed by atoms with Crippen molar-refractivity contribution in [2.45, 2.75) is 26.3 Å². The van der Waals surface area contributed by atoms with E-state index in [2.05, 4.69) is 5.32 Å². The van der Waals surface area contributed by atoms with E-state index in [0.717, 1.165) is 22.9 Å². The minimum atomic E-state index is -0.929. The highest BCUT2D eigenvalue weighted by Gasteiger charge is 2.34. The third-order valence-corrected chi connectivity index (χ3v) is 5.82. The summed E-state index contributed by atoms with van der Waals surface area (Å²) in [5.74, 6) is -1.99. The number of rotatable bonds is 5. The van der Waals surface area contributed by atoms with Gasteiger partial charge in [0.15, 0.2) is 5.11 Å². The Morgan fingerprint density at radius 1 is 1.16 bits per heavy atom. The van der Waals surface area contributed by atoms with Crippen molar-refractivity contribution in [1.29, 1.82) is 0 Å². The van der Waals surface area contributed by atoms with E-state index in [1.54, 1.807) is 54.1 Å². The fourth-order valence-corrected chi connectivity index (χ4v) is 3.95. The highest BCUT2D eigenvalue weighted by Crippen LogP contribution is 2.25. The number of carbonyl (C=O) groups is 3. The topological polar surface area (TPSA) is 91.6 Å². The van der Waals surface area contributed by atoms with Crippen molar-refractivity contribution < 1.29 is 19.5 Å². The van der Waals surface area contributed by atoms with Gasteiger partial charge in [-0.05, 0) is 73.1 Å². The summed E-state index contributed by atoms with van der Waals surface area (Å²) in [7, 11) is 0. The highest BCUT2D eigenvalue weighted by atomic mass is 32.1. The van der Waals surface area contributed by atoms with Crippen LogP contribution >= 0.6 is 12.2 Å². The molecule has 2 amide bonds. The van der Waals surface area contributed by atoms with E-state index in [1.165, 1.54) is 11.0 Å². The van der Waals surface area contributed by atoms with Gasteiger partial charge < -0.3 is 9.67 Å². The van der Waals surface area contributed by atoms with Crippen LogP contribution in [0, 0.1) is 0 Å². The zero-order valence-electron chi connectivity index (χ0n) is 17.5. The van der Waals surface area contributed by atoms with Gasteiger partial charge >= 0.3 is 5.97 Å². The summed E-state index contributed by atoms with van der Waals surface area (Å²) in [4.78, 5) is 38.4. The maximum absolute atomic E-state index is 13.2. The minimum absolute atomic E-state index is 0.0316. The molecule has 8 heteroatoms. The van der Waals surface area contributed by atoms with E-state index >= 15 is 0 Å². The Morgan fingerprint density at radius 2 is 1.88 bits per heavy atom. The number of hydrogen-bond acceptors (Lipinski definition) is 4. The van der Waals surface area contributed by atoms with E-state index in [-0.39, 0.29) is 10.7 Å². The molecule has 0 unspecified atom stereocenters. The largest absolute Gasteiger partial charge is 0.480 e. The fourth-order valence-electron chi connectivity index (χ4n) is 3.67. The van der Waals surface area contributed by atoms with Gasteiger partial charge in [0.2, 0.25) is 0 Å². The zero-order chi connectivity index (χ0) is 23.0. The Bertz CT molecular complexity index is 1290. The van der Waals surface area contributed by atoms with Crippen molar-refractivity contribution in [3.8, 4) is 0 Å². The molecule has 3 aromatic rings. The van der Waals surface area contributed by atoms with Crippen LogP contribution in [0.4, 0.5) is 5.69 Å². The van der Waals surface area contributed by atoms with E-state index in [0.29, 0.717) is 11.3 Å². The van der Waals surface area contributed by atoms with Crippen LogP contribution in [0.5, 0.6) is 0 Å². The van der Waals surface area contributed by atoms with E-state index in [4.69, 9.17) is 12.2 Å². The average Bonchev–Trinajstić information content (AvgIpc) is 3.19. The SMILES string of the molecule is CCc1ccc(N2C(=O)/C(=C/c3ccc4c(ccn4[C@H](C)C(=O)O)c3)C(=O)NC2=S)cc1. The molecular formula is C24H21N3O4S. The predicted octanol–water partition coefficient (Wildman–Crippen LogP) is 3.68. The number of benzene rings is 2. The van der Waals surface area contributed by atoms with Crippen LogP contribution in [-0.2, 0) is 20.8 Å². The lowest BCUT2D eigenvalue weighted by Crippen LogP contribution is -2.54. The molecule has 32 heavy (non-hydrogen) atoms. The summed E-state index contributed by atoms with van der Waals surface area (Å²) >= 11 is 5.25. The Labute approximate surface area is 189 Å². The first-order chi connectivity index (χ1) is 15.3. The van der Waals surface area contributed by atoms with Crippen molar-refractivity contribution in [3.05, 3.63) is 71.4 Å². The molecule has 0 bridgehead atoms. The molecule has 7 nitrogen and oxygen atoms in total. The number of carboxylic acids is 1. The molecular weight excluding hydrogens is 426 g/mol. The number of carboxylic acid groups (broad SMARTS) is 1. The highest BCUT2D eigenvalue weighted by molar-refractivity contribution is 7.80. The number of aliphatic carboxylic acids is 1. The molecule has 0 saturated carbocycles. The Kier molecular flexibility index (Phi) is 5.63. The van der Waals surface area contributed by atoms with Gasteiger partial charge in [0.25, 0.3) is 11.8 Å². The van der Waals surface area contributed by atoms with Crippen LogP contribution in [0.1, 0.15) is 31.0 Å². The summed E-state index contributed by atoms with van der Waals surface area (Å²) in [6.07, 6.45) is 4.10. The second-order valence-corrected chi connectivity index (χ2v) is 7.92. The Balaban J connectivity index is 1.69. The molecule has 2 N–H and O–H groups in total. The first kappa shape index (κ1) is 21.5. The number of hydrogen-bond donors (Lipinski definition) is 2. The van der Waals surface area contributed by atoms with Crippen LogP contribution in [0.15, 0.2) is 60.3 Å². The maximum atomic E-state index is 13.2. The lowest BCUT2D eigenvalue weighted by Gasteiger charge is -2.29. The van der Waals surface area contributed by atoms with Crippen LogP contribution in [0.2, 0.25) is 0 Å². The van der Waals surface area contributed by atoms with Gasteiger partial charge in [0.05, 0.1) is 5.69 Å². The molecule has 162 valence electrons. The average molecular weight is 448 g/mol. The van der Waals surface area contributed by atoms with Crippen molar-refractivity contribution in [3.63, 3.8) is 0 Å². The number of aromatic nitrogens is 1. The van der Waals surface area contributed by atoms with E-state index in [1.807, 2.05) is 19.1 Å². The lowest BCUT2D eigenvalue weighted by molar-refractivity contribution is -0.140. The quantitative estimate of drug-likeness (QED) is 0.354. The molecule has 1 aliphatic rings. The first-order valence-corrected chi connectivity index (χ1v) is 10.5. The molecule has 0 radical (unpaired) electrons. The molecule has 1 fully saturated rings. The molecule has 1 atom stereocenters. The number of aryl methyl sites for hydroxylation is 1. The van der Waals surface area contributed by atoms with Gasteiger partial charge in [0.1, 0.15) is 11.6 Å². The first-order valence-electron chi connectivity index (χ1n) is 10.1. The molecule has 2 aromatic carbocycles. The minimum Gasteiger partial charge on any atom is -0.480 e. The predicted molar refractivity (Wildman–Crippen MR) is 126 cm³/mol. The van der Waals surface area contributed by atoms with Gasteiger partial charge in [-0.1, -0.05) is 25.1 Å². The van der Waals surface area contributed by atoms with E-state index in [9.17, 15) is 19.5 Å². The monoisotopic (exact) mass is 447 g/mol. The summed E-state index contributed by atoms with van der Waals surface area (Å²) in [5, 5.41) is 12.7. The normalized spacial score (nSPS) is 16.5. The third-order valence-electron chi connectivity index (χ3n) is 5.53. The summed E-state index contributed by atoms with van der Waals surface area (Å²) in [5.41, 5.74) is 3.07. The second kappa shape index (κ2) is 8.39. The van der Waals surface area contributed by atoms with Gasteiger partial charge in [-0.3, -0.25) is 19.8 Å². The molecule has 1 saturated heterocycles. The van der Waals surface area contributed by atoms with Gasteiger partial charge in [-0.2, -0.15) is 0 Å². The van der Waals surface area contributed by atoms with E-state index < -0.39 is 23.8 Å². The fraction of sp³-hybridized carbons (Fsp3) is 0.167. The van der Waals surface area contributed by atoms with Crippen LogP contribution in [0.25, 0.3) is 17.0 Å². The number of anilines is 1. The number of nitrogens with one attached hydrogen (secondary N) is 1. The van der Waals surface area contributed by atoms with Crippen molar-refractivity contribution >= 4 is 57.8 Å². The number of thiocarbonyl (C=S) groups is 1. The number of fused-ring (bicyclic) bond motifs is 1.